The van der Waals surface area contributed by atoms with E-state index >= 15 is 0 Å². The molecule has 80 valence electrons. The van der Waals surface area contributed by atoms with Gasteiger partial charge in [0.05, 0.1) is 0 Å². The van der Waals surface area contributed by atoms with Crippen molar-refractivity contribution in [1.82, 2.24) is 9.21 Å². The average Bonchev–Trinajstić information content (AvgIpc) is 2.10. The number of nitrogens with zero attached hydrogens (tertiary/aromatic N) is 2. The van der Waals surface area contributed by atoms with Gasteiger partial charge in [-0.1, -0.05) is 32.6 Å². The summed E-state index contributed by atoms with van der Waals surface area (Å²) in [6, 6.07) is 0.702. The quantitative estimate of drug-likeness (QED) is 0.636. The molecule has 0 N–H and O–H groups in total. The van der Waals surface area contributed by atoms with Crippen LogP contribution in [0.1, 0.15) is 33.1 Å². The van der Waals surface area contributed by atoms with Crippen molar-refractivity contribution >= 4 is 12.8 Å². The van der Waals surface area contributed by atoms with Crippen molar-refractivity contribution < 1.29 is 0 Å². The Labute approximate surface area is 88.8 Å². The zero-order valence-corrected chi connectivity index (χ0v) is 10.3. The molecule has 0 aliphatic rings. The summed E-state index contributed by atoms with van der Waals surface area (Å²) in [6.07, 6.45) is 3.94. The largest absolute Gasteiger partial charge is 0.302 e. The van der Waals surface area contributed by atoms with Gasteiger partial charge in [0.1, 0.15) is 0 Å². The Morgan fingerprint density at radius 2 is 1.85 bits per heavy atom. The second-order valence-corrected chi connectivity index (χ2v) is 4.54. The molecule has 0 rings (SSSR count). The van der Waals surface area contributed by atoms with Crippen LogP contribution >= 0.6 is 12.8 Å². The lowest BCUT2D eigenvalue weighted by Crippen LogP contribution is -2.34. The number of likely N-dealkylation sites (N-methyl/N-ethyl adjacent to an activating group) is 2. The summed E-state index contributed by atoms with van der Waals surface area (Å²) in [5.74, 6) is 0. The monoisotopic (exact) mass is 204 g/mol. The van der Waals surface area contributed by atoms with Crippen molar-refractivity contribution in [2.24, 2.45) is 0 Å². The Morgan fingerprint density at radius 1 is 1.23 bits per heavy atom. The maximum absolute atomic E-state index is 4.22. The molecule has 0 radical (unpaired) electrons. The Bertz CT molecular complexity index is 117. The lowest BCUT2D eigenvalue weighted by molar-refractivity contribution is 0.233. The van der Waals surface area contributed by atoms with Crippen LogP contribution in [0.15, 0.2) is 0 Å². The van der Waals surface area contributed by atoms with Gasteiger partial charge in [-0.05, 0) is 27.4 Å². The van der Waals surface area contributed by atoms with Gasteiger partial charge in [-0.15, -0.1) is 0 Å². The van der Waals surface area contributed by atoms with E-state index in [1.807, 2.05) is 11.4 Å². The number of rotatable bonds is 7. The Morgan fingerprint density at radius 3 is 2.31 bits per heavy atom. The number of unbranched alkanes of at least 4 members (excludes halogenated alkanes) is 1. The molecule has 3 heteroatoms. The minimum atomic E-state index is 0.702. The van der Waals surface area contributed by atoms with Gasteiger partial charge in [0.15, 0.2) is 0 Å². The van der Waals surface area contributed by atoms with Gasteiger partial charge in [-0.25, -0.2) is 0 Å². The smallest absolute Gasteiger partial charge is 0.0212 e. The zero-order valence-electron chi connectivity index (χ0n) is 9.45. The highest BCUT2D eigenvalue weighted by molar-refractivity contribution is 7.77. The van der Waals surface area contributed by atoms with Gasteiger partial charge in [0.25, 0.3) is 0 Å². The van der Waals surface area contributed by atoms with Crippen molar-refractivity contribution in [2.75, 3.05) is 27.2 Å². The van der Waals surface area contributed by atoms with Gasteiger partial charge in [0.2, 0.25) is 0 Å². The Kier molecular flexibility index (Phi) is 7.81. The molecule has 0 heterocycles. The van der Waals surface area contributed by atoms with E-state index in [1.165, 1.54) is 19.3 Å². The predicted octanol–water partition coefficient (Wildman–Crippen LogP) is 2.27. The third-order valence-corrected chi connectivity index (χ3v) is 2.70. The molecule has 2 nitrogen and oxygen atoms in total. The van der Waals surface area contributed by atoms with Gasteiger partial charge in [0, 0.05) is 19.1 Å². The van der Waals surface area contributed by atoms with Gasteiger partial charge in [-0.3, -0.25) is 4.31 Å². The van der Waals surface area contributed by atoms with Gasteiger partial charge in [-0.2, -0.15) is 0 Å². The highest BCUT2D eigenvalue weighted by atomic mass is 32.1. The van der Waals surface area contributed by atoms with E-state index in [9.17, 15) is 0 Å². The lowest BCUT2D eigenvalue weighted by atomic mass is 10.1. The Balaban J connectivity index is 3.50. The number of thiol groups is 1. The van der Waals surface area contributed by atoms with E-state index in [0.29, 0.717) is 6.04 Å². The highest BCUT2D eigenvalue weighted by Crippen LogP contribution is 2.06. The van der Waals surface area contributed by atoms with E-state index in [-0.39, 0.29) is 0 Å². The maximum atomic E-state index is 4.22. The van der Waals surface area contributed by atoms with E-state index in [2.05, 4.69) is 38.6 Å². The third kappa shape index (κ3) is 7.35. The van der Waals surface area contributed by atoms with Crippen molar-refractivity contribution in [2.45, 2.75) is 39.2 Å². The van der Waals surface area contributed by atoms with Crippen LogP contribution in [0.2, 0.25) is 0 Å². The van der Waals surface area contributed by atoms with Crippen molar-refractivity contribution in [3.05, 3.63) is 0 Å². The normalized spacial score (nSPS) is 14.1. The zero-order chi connectivity index (χ0) is 10.3. The summed E-state index contributed by atoms with van der Waals surface area (Å²) in [7, 11) is 4.19. The van der Waals surface area contributed by atoms with Crippen LogP contribution < -0.4 is 0 Å². The first-order valence-electron chi connectivity index (χ1n) is 5.18. The molecular weight excluding hydrogens is 180 g/mol. The maximum Gasteiger partial charge on any atom is 0.0212 e. The van der Waals surface area contributed by atoms with Crippen LogP contribution in [-0.4, -0.2) is 42.4 Å². The summed E-state index contributed by atoms with van der Waals surface area (Å²) in [5.41, 5.74) is 0. The molecule has 0 aromatic heterocycles. The van der Waals surface area contributed by atoms with E-state index in [4.69, 9.17) is 0 Å². The Hall–Kier alpha value is 0.270. The molecule has 13 heavy (non-hydrogen) atoms. The molecular formula is C10H24N2S. The SMILES string of the molecule is CCCCC(C)N(C)CCN(C)S. The predicted molar refractivity (Wildman–Crippen MR) is 63.2 cm³/mol. The third-order valence-electron chi connectivity index (χ3n) is 2.50. The van der Waals surface area contributed by atoms with Crippen LogP contribution in [0.3, 0.4) is 0 Å². The van der Waals surface area contributed by atoms with Crippen LogP contribution in [0.5, 0.6) is 0 Å². The summed E-state index contributed by atoms with van der Waals surface area (Å²) in [4.78, 5) is 2.41. The first-order chi connectivity index (χ1) is 6.07. The summed E-state index contributed by atoms with van der Waals surface area (Å²) in [5, 5.41) is 0. The molecule has 0 aromatic carbocycles. The molecule has 0 aliphatic heterocycles. The highest BCUT2D eigenvalue weighted by Gasteiger charge is 2.07. The van der Waals surface area contributed by atoms with Crippen LogP contribution in [0.25, 0.3) is 0 Å². The number of hydrogen-bond donors (Lipinski definition) is 1. The molecule has 0 aliphatic carbocycles. The summed E-state index contributed by atoms with van der Waals surface area (Å²) in [6.45, 7) is 6.67. The van der Waals surface area contributed by atoms with Gasteiger partial charge >= 0.3 is 0 Å². The molecule has 0 saturated carbocycles. The van der Waals surface area contributed by atoms with Crippen LogP contribution in [-0.2, 0) is 0 Å². The molecule has 0 saturated heterocycles. The molecule has 0 spiro atoms. The van der Waals surface area contributed by atoms with Crippen LogP contribution in [0.4, 0.5) is 0 Å². The molecule has 0 aromatic rings. The first-order valence-corrected chi connectivity index (χ1v) is 5.58. The fourth-order valence-electron chi connectivity index (χ4n) is 1.24. The van der Waals surface area contributed by atoms with E-state index in [0.717, 1.165) is 13.1 Å². The molecule has 0 bridgehead atoms. The number of hydrogen-bond acceptors (Lipinski definition) is 3. The van der Waals surface area contributed by atoms with E-state index in [1.54, 1.807) is 0 Å². The van der Waals surface area contributed by atoms with Crippen molar-refractivity contribution in [3.63, 3.8) is 0 Å². The van der Waals surface area contributed by atoms with Crippen LogP contribution in [0, 0.1) is 0 Å². The topological polar surface area (TPSA) is 6.48 Å². The molecule has 0 amide bonds. The second kappa shape index (κ2) is 7.65. The fraction of sp³-hybridized carbons (Fsp3) is 1.00. The van der Waals surface area contributed by atoms with E-state index < -0.39 is 0 Å². The molecule has 1 atom stereocenters. The summed E-state index contributed by atoms with van der Waals surface area (Å²) >= 11 is 4.22. The van der Waals surface area contributed by atoms with Crippen molar-refractivity contribution in [3.8, 4) is 0 Å². The standard InChI is InChI=1S/C10H24N2S/c1-5-6-7-10(2)11(3)8-9-12(4)13/h10,13H,5-9H2,1-4H3. The fourth-order valence-corrected chi connectivity index (χ4v) is 1.33. The minimum Gasteiger partial charge on any atom is -0.302 e. The summed E-state index contributed by atoms with van der Waals surface area (Å²) < 4.78 is 1.93. The average molecular weight is 204 g/mol. The lowest BCUT2D eigenvalue weighted by Gasteiger charge is -2.25. The second-order valence-electron chi connectivity index (χ2n) is 3.85. The molecule has 0 fully saturated rings. The van der Waals surface area contributed by atoms with Crippen molar-refractivity contribution in [1.29, 1.82) is 0 Å². The molecule has 1 unspecified atom stereocenters. The van der Waals surface area contributed by atoms with Gasteiger partial charge < -0.3 is 4.90 Å². The minimum absolute atomic E-state index is 0.702. The first kappa shape index (κ1) is 13.3.